The topological polar surface area (TPSA) is 89.9 Å². The van der Waals surface area contributed by atoms with Crippen LogP contribution in [0.5, 0.6) is 0 Å². The molecule has 1 heterocycles. The molecule has 0 aromatic carbocycles. The molecule has 0 aliphatic carbocycles. The molecule has 0 aromatic rings. The molecule has 72 valence electrons. The van der Waals surface area contributed by atoms with Crippen LogP contribution in [0, 0.1) is 5.92 Å². The highest BCUT2D eigenvalue weighted by molar-refractivity contribution is 5.89. The Morgan fingerprint density at radius 1 is 1.62 bits per heavy atom. The van der Waals surface area contributed by atoms with Gasteiger partial charge in [0.2, 0.25) is 6.10 Å². The molecule has 0 saturated carbocycles. The number of rotatable bonds is 2. The number of hydrogen-bond donors (Lipinski definition) is 1. The number of ether oxygens (including phenoxy) is 2. The molecule has 1 aliphatic rings. The summed E-state index contributed by atoms with van der Waals surface area (Å²) in [6, 6.07) is 0. The Hall–Kier alpha value is -1.59. The molecule has 1 N–H and O–H groups in total. The average molecular weight is 188 g/mol. The van der Waals surface area contributed by atoms with Crippen molar-refractivity contribution in [1.82, 2.24) is 0 Å². The van der Waals surface area contributed by atoms with E-state index in [2.05, 4.69) is 9.47 Å². The van der Waals surface area contributed by atoms with Gasteiger partial charge in [-0.3, -0.25) is 4.79 Å². The van der Waals surface area contributed by atoms with Crippen molar-refractivity contribution in [3.8, 4) is 0 Å². The maximum Gasteiger partial charge on any atom is 0.348 e. The monoisotopic (exact) mass is 188 g/mol. The zero-order valence-corrected chi connectivity index (χ0v) is 6.85. The number of esters is 2. The number of hydrogen-bond acceptors (Lipinski definition) is 5. The van der Waals surface area contributed by atoms with Crippen LogP contribution in [0.25, 0.3) is 0 Å². The van der Waals surface area contributed by atoms with E-state index in [1.165, 1.54) is 6.92 Å². The number of carbonyl (C=O) groups excluding carboxylic acids is 2. The average Bonchev–Trinajstić information content (AvgIpc) is 2.08. The standard InChI is InChI=1S/C7H8O6/c1-3(6(9)10)5-7(11)12-2-4(8)13-5/h3,5H,2H2,1H3,(H,9,10). The van der Waals surface area contributed by atoms with Crippen molar-refractivity contribution >= 4 is 17.9 Å². The summed E-state index contributed by atoms with van der Waals surface area (Å²) in [5, 5.41) is 8.54. The van der Waals surface area contributed by atoms with E-state index in [0.29, 0.717) is 0 Å². The number of cyclic esters (lactones) is 2. The van der Waals surface area contributed by atoms with Crippen LogP contribution in [0.15, 0.2) is 0 Å². The lowest BCUT2D eigenvalue weighted by Crippen LogP contribution is -2.43. The van der Waals surface area contributed by atoms with Crippen LogP contribution in [0.4, 0.5) is 0 Å². The predicted octanol–water partition coefficient (Wildman–Crippen LogP) is -0.824. The molecule has 13 heavy (non-hydrogen) atoms. The second-order valence-electron chi connectivity index (χ2n) is 2.65. The number of carboxylic acid groups (broad SMARTS) is 1. The number of carboxylic acids is 1. The first-order valence-electron chi connectivity index (χ1n) is 3.61. The highest BCUT2D eigenvalue weighted by Gasteiger charge is 2.38. The third-order valence-electron chi connectivity index (χ3n) is 1.67. The summed E-state index contributed by atoms with van der Waals surface area (Å²) < 4.78 is 8.92. The number of carbonyl (C=O) groups is 3. The van der Waals surface area contributed by atoms with Gasteiger partial charge < -0.3 is 14.6 Å². The van der Waals surface area contributed by atoms with Gasteiger partial charge >= 0.3 is 17.9 Å². The van der Waals surface area contributed by atoms with Crippen LogP contribution < -0.4 is 0 Å². The van der Waals surface area contributed by atoms with E-state index in [1.54, 1.807) is 0 Å². The zero-order valence-electron chi connectivity index (χ0n) is 6.85. The Morgan fingerprint density at radius 3 is 2.77 bits per heavy atom. The second-order valence-corrected chi connectivity index (χ2v) is 2.65. The molecule has 1 saturated heterocycles. The van der Waals surface area contributed by atoms with Gasteiger partial charge in [-0.05, 0) is 6.92 Å². The summed E-state index contributed by atoms with van der Waals surface area (Å²) in [6.45, 7) is 0.828. The van der Waals surface area contributed by atoms with E-state index in [-0.39, 0.29) is 0 Å². The Bertz CT molecular complexity index is 256. The van der Waals surface area contributed by atoms with Crippen molar-refractivity contribution in [2.75, 3.05) is 6.61 Å². The molecule has 0 spiro atoms. The van der Waals surface area contributed by atoms with E-state index in [0.717, 1.165) is 0 Å². The second kappa shape index (κ2) is 3.42. The summed E-state index contributed by atoms with van der Waals surface area (Å²) >= 11 is 0. The van der Waals surface area contributed by atoms with Gasteiger partial charge in [0.1, 0.15) is 5.92 Å². The van der Waals surface area contributed by atoms with Crippen LogP contribution in [0.3, 0.4) is 0 Å². The molecule has 1 rings (SSSR count). The first-order chi connectivity index (χ1) is 6.02. The third-order valence-corrected chi connectivity index (χ3v) is 1.67. The highest BCUT2D eigenvalue weighted by atomic mass is 16.6. The van der Waals surface area contributed by atoms with Gasteiger partial charge in [-0.15, -0.1) is 0 Å². The Morgan fingerprint density at radius 2 is 2.23 bits per heavy atom. The van der Waals surface area contributed by atoms with Crippen molar-refractivity contribution in [2.45, 2.75) is 13.0 Å². The van der Waals surface area contributed by atoms with E-state index < -0.39 is 36.5 Å². The molecule has 2 unspecified atom stereocenters. The fourth-order valence-electron chi connectivity index (χ4n) is 0.872. The van der Waals surface area contributed by atoms with Crippen LogP contribution in [-0.4, -0.2) is 35.7 Å². The van der Waals surface area contributed by atoms with Crippen LogP contribution >= 0.6 is 0 Å². The number of aliphatic carboxylic acids is 1. The minimum atomic E-state index is -1.32. The van der Waals surface area contributed by atoms with Crippen LogP contribution in [0.1, 0.15) is 6.92 Å². The lowest BCUT2D eigenvalue weighted by atomic mass is 10.1. The SMILES string of the molecule is CC(C(=O)O)C1OC(=O)COC1=O. The van der Waals surface area contributed by atoms with Crippen molar-refractivity contribution in [2.24, 2.45) is 5.92 Å². The van der Waals surface area contributed by atoms with Gasteiger partial charge in [-0.2, -0.15) is 0 Å². The van der Waals surface area contributed by atoms with Gasteiger partial charge in [0.15, 0.2) is 6.61 Å². The Balaban J connectivity index is 2.71. The fourth-order valence-corrected chi connectivity index (χ4v) is 0.872. The molecule has 0 radical (unpaired) electrons. The summed E-state index contributed by atoms with van der Waals surface area (Å²) in [5.74, 6) is -3.83. The lowest BCUT2D eigenvalue weighted by Gasteiger charge is -2.23. The zero-order chi connectivity index (χ0) is 10.0. The van der Waals surface area contributed by atoms with E-state index in [9.17, 15) is 14.4 Å². The Kier molecular flexibility index (Phi) is 2.50. The van der Waals surface area contributed by atoms with Gasteiger partial charge in [0.25, 0.3) is 0 Å². The molecule has 2 atom stereocenters. The predicted molar refractivity (Wildman–Crippen MR) is 37.6 cm³/mol. The molecular weight excluding hydrogens is 180 g/mol. The van der Waals surface area contributed by atoms with Crippen molar-refractivity contribution in [1.29, 1.82) is 0 Å². The van der Waals surface area contributed by atoms with Gasteiger partial charge in [-0.25, -0.2) is 9.59 Å². The molecule has 6 heteroatoms. The molecule has 0 amide bonds. The quantitative estimate of drug-likeness (QED) is 0.569. The van der Waals surface area contributed by atoms with Crippen LogP contribution in [0.2, 0.25) is 0 Å². The minimum absolute atomic E-state index is 0.443. The fraction of sp³-hybridized carbons (Fsp3) is 0.571. The van der Waals surface area contributed by atoms with Crippen molar-refractivity contribution in [3.63, 3.8) is 0 Å². The van der Waals surface area contributed by atoms with Gasteiger partial charge in [-0.1, -0.05) is 0 Å². The molecule has 0 aromatic heterocycles. The van der Waals surface area contributed by atoms with Gasteiger partial charge in [0, 0.05) is 0 Å². The molecular formula is C7H8O6. The molecule has 1 fully saturated rings. The van der Waals surface area contributed by atoms with Crippen LogP contribution in [-0.2, 0) is 23.9 Å². The summed E-state index contributed by atoms with van der Waals surface area (Å²) in [7, 11) is 0. The third kappa shape index (κ3) is 1.95. The maximum absolute atomic E-state index is 10.9. The van der Waals surface area contributed by atoms with Crippen molar-refractivity contribution < 1.29 is 29.0 Å². The normalized spacial score (nSPS) is 24.5. The van der Waals surface area contributed by atoms with E-state index in [1.807, 2.05) is 0 Å². The molecule has 6 nitrogen and oxygen atoms in total. The minimum Gasteiger partial charge on any atom is -0.481 e. The van der Waals surface area contributed by atoms with E-state index >= 15 is 0 Å². The first kappa shape index (κ1) is 9.50. The van der Waals surface area contributed by atoms with Gasteiger partial charge in [0.05, 0.1) is 0 Å². The lowest BCUT2D eigenvalue weighted by molar-refractivity contribution is -0.190. The molecule has 1 aliphatic heterocycles. The smallest absolute Gasteiger partial charge is 0.348 e. The van der Waals surface area contributed by atoms with Crippen molar-refractivity contribution in [3.05, 3.63) is 0 Å². The first-order valence-corrected chi connectivity index (χ1v) is 3.61. The summed E-state index contributed by atoms with van der Waals surface area (Å²) in [6.07, 6.45) is -1.32. The molecule has 0 bridgehead atoms. The summed E-state index contributed by atoms with van der Waals surface area (Å²) in [5.41, 5.74) is 0. The highest BCUT2D eigenvalue weighted by Crippen LogP contribution is 2.13. The Labute approximate surface area is 73.4 Å². The summed E-state index contributed by atoms with van der Waals surface area (Å²) in [4.78, 5) is 32.0. The van der Waals surface area contributed by atoms with E-state index in [4.69, 9.17) is 5.11 Å². The largest absolute Gasteiger partial charge is 0.481 e. The maximum atomic E-state index is 10.9.